The van der Waals surface area contributed by atoms with Gasteiger partial charge in [0.2, 0.25) is 0 Å². The van der Waals surface area contributed by atoms with Crippen LogP contribution in [0.15, 0.2) is 30.3 Å². The van der Waals surface area contributed by atoms with Gasteiger partial charge >= 0.3 is 11.9 Å². The molecule has 1 atom stereocenters. The molecule has 1 aromatic carbocycles. The molecule has 0 bridgehead atoms. The van der Waals surface area contributed by atoms with Crippen molar-refractivity contribution in [3.8, 4) is 0 Å². The molecule has 1 aliphatic rings. The molecule has 0 aliphatic carbocycles. The van der Waals surface area contributed by atoms with E-state index in [0.29, 0.717) is 0 Å². The monoisotopic (exact) mass is 321 g/mol. The van der Waals surface area contributed by atoms with Crippen molar-refractivity contribution in [2.75, 3.05) is 26.9 Å². The Morgan fingerprint density at radius 3 is 2.26 bits per heavy atom. The molecule has 6 heteroatoms. The van der Waals surface area contributed by atoms with Crippen LogP contribution in [-0.2, 0) is 23.9 Å². The van der Waals surface area contributed by atoms with E-state index in [4.69, 9.17) is 14.3 Å². The van der Waals surface area contributed by atoms with E-state index < -0.39 is 23.4 Å². The Morgan fingerprint density at radius 1 is 1.17 bits per heavy atom. The van der Waals surface area contributed by atoms with Gasteiger partial charge in [0.1, 0.15) is 0 Å². The topological polar surface area (TPSA) is 65.1 Å². The average molecular weight is 321 g/mol. The first kappa shape index (κ1) is 17.4. The lowest BCUT2D eigenvalue weighted by molar-refractivity contribution is -0.247. The van der Waals surface area contributed by atoms with Gasteiger partial charge < -0.3 is 9.47 Å². The highest BCUT2D eigenvalue weighted by atomic mass is 16.7. The van der Waals surface area contributed by atoms with E-state index in [1.807, 2.05) is 30.3 Å². The predicted octanol–water partition coefficient (Wildman–Crippen LogP) is 2.11. The second kappa shape index (κ2) is 7.57. The predicted molar refractivity (Wildman–Crippen MR) is 83.2 cm³/mol. The Balaban J connectivity index is 2.54. The molecule has 0 N–H and O–H groups in total. The molecule has 0 radical (unpaired) electrons. The van der Waals surface area contributed by atoms with Crippen LogP contribution in [-0.4, -0.2) is 43.9 Å². The molecule has 126 valence electrons. The van der Waals surface area contributed by atoms with Gasteiger partial charge in [0.25, 0.3) is 0 Å². The summed E-state index contributed by atoms with van der Waals surface area (Å²) < 4.78 is 10.5. The Bertz CT molecular complexity index is 527. The first-order valence-corrected chi connectivity index (χ1v) is 7.83. The number of ether oxygens (including phenoxy) is 2. The molecule has 2 rings (SSSR count). The lowest BCUT2D eigenvalue weighted by atomic mass is 9.73. The van der Waals surface area contributed by atoms with Crippen LogP contribution < -0.4 is 0 Å². The van der Waals surface area contributed by atoms with Crippen LogP contribution in [0.3, 0.4) is 0 Å². The Morgan fingerprint density at radius 2 is 1.74 bits per heavy atom. The number of esters is 2. The van der Waals surface area contributed by atoms with Crippen LogP contribution in [0.1, 0.15) is 31.9 Å². The summed E-state index contributed by atoms with van der Waals surface area (Å²) in [6.07, 6.45) is 0.217. The van der Waals surface area contributed by atoms with Crippen LogP contribution in [0.25, 0.3) is 0 Å². The van der Waals surface area contributed by atoms with E-state index in [2.05, 4.69) is 0 Å². The minimum Gasteiger partial charge on any atom is -0.465 e. The van der Waals surface area contributed by atoms with Gasteiger partial charge in [0.05, 0.1) is 25.9 Å². The fraction of sp³-hybridized carbons (Fsp3) is 0.529. The van der Waals surface area contributed by atoms with Crippen molar-refractivity contribution in [3.05, 3.63) is 35.9 Å². The van der Waals surface area contributed by atoms with Crippen LogP contribution in [0.4, 0.5) is 0 Å². The van der Waals surface area contributed by atoms with Crippen molar-refractivity contribution in [3.63, 3.8) is 0 Å². The SMILES string of the molecule is CCOC(=O)C1(C(=O)OCC)CCON(C)C1c1ccccc1. The van der Waals surface area contributed by atoms with Crippen molar-refractivity contribution in [1.29, 1.82) is 0 Å². The van der Waals surface area contributed by atoms with E-state index in [9.17, 15) is 9.59 Å². The number of nitrogens with zero attached hydrogens (tertiary/aromatic N) is 1. The molecule has 1 fully saturated rings. The molecule has 0 spiro atoms. The Kier molecular flexibility index (Phi) is 5.74. The third-order valence-electron chi connectivity index (χ3n) is 4.02. The van der Waals surface area contributed by atoms with E-state index in [0.717, 1.165) is 5.56 Å². The maximum atomic E-state index is 12.8. The maximum absolute atomic E-state index is 12.8. The lowest BCUT2D eigenvalue weighted by Crippen LogP contribution is -2.55. The molecule has 1 heterocycles. The zero-order chi connectivity index (χ0) is 16.9. The number of hydrogen-bond acceptors (Lipinski definition) is 6. The Labute approximate surface area is 136 Å². The molecule has 0 saturated carbocycles. The standard InChI is InChI=1S/C17H23NO5/c1-4-21-15(19)17(16(20)22-5-2)11-12-23-18(3)14(17)13-9-7-6-8-10-13/h6-10,14H,4-5,11-12H2,1-3H3. The first-order valence-electron chi connectivity index (χ1n) is 7.83. The summed E-state index contributed by atoms with van der Waals surface area (Å²) >= 11 is 0. The van der Waals surface area contributed by atoms with Crippen LogP contribution >= 0.6 is 0 Å². The van der Waals surface area contributed by atoms with Crippen LogP contribution in [0, 0.1) is 5.41 Å². The van der Waals surface area contributed by atoms with Crippen LogP contribution in [0.5, 0.6) is 0 Å². The van der Waals surface area contributed by atoms with Gasteiger partial charge in [0, 0.05) is 13.5 Å². The summed E-state index contributed by atoms with van der Waals surface area (Å²) in [6.45, 7) is 4.09. The summed E-state index contributed by atoms with van der Waals surface area (Å²) in [6, 6.07) is 8.73. The third-order valence-corrected chi connectivity index (χ3v) is 4.02. The molecule has 0 amide bonds. The van der Waals surface area contributed by atoms with Crippen molar-refractivity contribution in [2.45, 2.75) is 26.3 Å². The number of rotatable bonds is 5. The van der Waals surface area contributed by atoms with Crippen molar-refractivity contribution >= 4 is 11.9 Å². The molecule has 1 aromatic rings. The van der Waals surface area contributed by atoms with Gasteiger partial charge in [-0.2, -0.15) is 5.06 Å². The van der Waals surface area contributed by atoms with Gasteiger partial charge in [-0.25, -0.2) is 0 Å². The Hall–Kier alpha value is -1.92. The fourth-order valence-electron chi connectivity index (χ4n) is 3.03. The lowest BCUT2D eigenvalue weighted by Gasteiger charge is -2.44. The summed E-state index contributed by atoms with van der Waals surface area (Å²) in [4.78, 5) is 31.1. The zero-order valence-corrected chi connectivity index (χ0v) is 13.8. The van der Waals surface area contributed by atoms with Crippen molar-refractivity contribution in [1.82, 2.24) is 5.06 Å². The molecule has 0 aromatic heterocycles. The molecule has 1 aliphatic heterocycles. The van der Waals surface area contributed by atoms with E-state index >= 15 is 0 Å². The van der Waals surface area contributed by atoms with Crippen LogP contribution in [0.2, 0.25) is 0 Å². The number of carbonyl (C=O) groups is 2. The number of hydroxylamine groups is 2. The van der Waals surface area contributed by atoms with Gasteiger partial charge in [0.15, 0.2) is 5.41 Å². The smallest absolute Gasteiger partial charge is 0.325 e. The van der Waals surface area contributed by atoms with Crippen molar-refractivity contribution in [2.24, 2.45) is 5.41 Å². The molecule has 23 heavy (non-hydrogen) atoms. The van der Waals surface area contributed by atoms with E-state index in [1.54, 1.807) is 26.0 Å². The average Bonchev–Trinajstić information content (AvgIpc) is 2.55. The number of carbonyl (C=O) groups excluding carboxylic acids is 2. The van der Waals surface area contributed by atoms with Gasteiger partial charge in [-0.3, -0.25) is 14.4 Å². The summed E-state index contributed by atoms with van der Waals surface area (Å²) in [5, 5.41) is 1.55. The second-order valence-electron chi connectivity index (χ2n) is 5.35. The highest BCUT2D eigenvalue weighted by Crippen LogP contribution is 2.46. The fourth-order valence-corrected chi connectivity index (χ4v) is 3.03. The quantitative estimate of drug-likeness (QED) is 0.611. The molecule has 1 unspecified atom stereocenters. The van der Waals surface area contributed by atoms with E-state index in [1.165, 1.54) is 0 Å². The van der Waals surface area contributed by atoms with Gasteiger partial charge in [-0.1, -0.05) is 30.3 Å². The minimum atomic E-state index is -1.43. The summed E-state index contributed by atoms with van der Waals surface area (Å²) in [5.74, 6) is -1.13. The highest BCUT2D eigenvalue weighted by molar-refractivity contribution is 6.01. The molecule has 6 nitrogen and oxygen atoms in total. The molecular weight excluding hydrogens is 298 g/mol. The molecule has 1 saturated heterocycles. The summed E-state index contributed by atoms with van der Waals surface area (Å²) in [7, 11) is 1.71. The maximum Gasteiger partial charge on any atom is 0.325 e. The number of hydrogen-bond donors (Lipinski definition) is 0. The van der Waals surface area contributed by atoms with Crippen molar-refractivity contribution < 1.29 is 23.9 Å². The van der Waals surface area contributed by atoms with E-state index in [-0.39, 0.29) is 26.2 Å². The first-order chi connectivity index (χ1) is 11.1. The highest BCUT2D eigenvalue weighted by Gasteiger charge is 2.59. The molecular formula is C17H23NO5. The van der Waals surface area contributed by atoms with Gasteiger partial charge in [-0.15, -0.1) is 0 Å². The number of benzene rings is 1. The zero-order valence-electron chi connectivity index (χ0n) is 13.8. The second-order valence-corrected chi connectivity index (χ2v) is 5.35. The van der Waals surface area contributed by atoms with Gasteiger partial charge in [-0.05, 0) is 19.4 Å². The third kappa shape index (κ3) is 3.23. The normalized spacial score (nSPS) is 20.7. The summed E-state index contributed by atoms with van der Waals surface area (Å²) in [5.41, 5.74) is -0.629. The minimum absolute atomic E-state index is 0.200. The largest absolute Gasteiger partial charge is 0.465 e.